The molecule has 0 N–H and O–H groups in total. The Balaban J connectivity index is 1.04. The molecular weight excluding hydrogens is 613 g/mol. The number of nitrogens with zero attached hydrogens (tertiary/aromatic N) is 2. The van der Waals surface area contributed by atoms with Crippen LogP contribution in [0.25, 0.3) is 99.8 Å². The van der Waals surface area contributed by atoms with E-state index in [0.717, 1.165) is 88.6 Å². The molecular formula is C46H28N2O2. The maximum atomic E-state index is 6.47. The SMILES string of the molecule is c1ccc(-c2ccc3oc4c(-c5cccc(-c6cccc(-c7ccnc8c7oc7ccc(-c9ccccc9)cc78)c6)c5)ccnc4c3c2)cc1. The summed E-state index contributed by atoms with van der Waals surface area (Å²) < 4.78 is 12.9. The smallest absolute Gasteiger partial charge is 0.161 e. The molecule has 0 aliphatic rings. The summed E-state index contributed by atoms with van der Waals surface area (Å²) in [6.07, 6.45) is 3.75. The molecule has 0 atom stereocenters. The number of pyridine rings is 2. The van der Waals surface area contributed by atoms with Gasteiger partial charge in [-0.05, 0) is 93.0 Å². The second kappa shape index (κ2) is 11.4. The summed E-state index contributed by atoms with van der Waals surface area (Å²) in [5.41, 5.74) is 16.0. The van der Waals surface area contributed by atoms with Gasteiger partial charge in [0.15, 0.2) is 11.2 Å². The number of benzene rings is 6. The van der Waals surface area contributed by atoms with Crippen LogP contribution in [0.1, 0.15) is 0 Å². The van der Waals surface area contributed by atoms with E-state index < -0.39 is 0 Å². The van der Waals surface area contributed by atoms with Gasteiger partial charge in [-0.2, -0.15) is 0 Å². The first-order valence-electron chi connectivity index (χ1n) is 16.7. The van der Waals surface area contributed by atoms with Gasteiger partial charge in [0.25, 0.3) is 0 Å². The zero-order valence-electron chi connectivity index (χ0n) is 26.9. The number of furan rings is 2. The quantitative estimate of drug-likeness (QED) is 0.188. The summed E-state index contributed by atoms with van der Waals surface area (Å²) in [5, 5.41) is 2.02. The van der Waals surface area contributed by atoms with Gasteiger partial charge >= 0.3 is 0 Å². The maximum absolute atomic E-state index is 6.47. The highest BCUT2D eigenvalue weighted by Gasteiger charge is 2.17. The predicted molar refractivity (Wildman–Crippen MR) is 204 cm³/mol. The highest BCUT2D eigenvalue weighted by molar-refractivity contribution is 6.09. The molecule has 4 aromatic heterocycles. The van der Waals surface area contributed by atoms with Crippen LogP contribution in [0.5, 0.6) is 0 Å². The number of fused-ring (bicyclic) bond motifs is 6. The molecule has 0 radical (unpaired) electrons. The summed E-state index contributed by atoms with van der Waals surface area (Å²) in [6.45, 7) is 0. The lowest BCUT2D eigenvalue weighted by atomic mass is 9.96. The summed E-state index contributed by atoms with van der Waals surface area (Å²) in [6, 6.07) is 54.8. The van der Waals surface area contributed by atoms with Gasteiger partial charge in [0, 0.05) is 34.3 Å². The Bertz CT molecular complexity index is 2670. The van der Waals surface area contributed by atoms with Crippen molar-refractivity contribution in [1.82, 2.24) is 9.97 Å². The van der Waals surface area contributed by atoms with Crippen molar-refractivity contribution in [3.63, 3.8) is 0 Å². The van der Waals surface area contributed by atoms with Crippen molar-refractivity contribution in [3.8, 4) is 55.6 Å². The molecule has 234 valence electrons. The third-order valence-electron chi connectivity index (χ3n) is 9.60. The predicted octanol–water partition coefficient (Wildman–Crippen LogP) is 12.6. The van der Waals surface area contributed by atoms with Crippen LogP contribution in [-0.4, -0.2) is 9.97 Å². The summed E-state index contributed by atoms with van der Waals surface area (Å²) >= 11 is 0. The third-order valence-corrected chi connectivity index (χ3v) is 9.60. The van der Waals surface area contributed by atoms with E-state index in [2.05, 4.69) is 121 Å². The molecule has 0 unspecified atom stereocenters. The van der Waals surface area contributed by atoms with Gasteiger partial charge in [0.2, 0.25) is 0 Å². The van der Waals surface area contributed by atoms with E-state index in [-0.39, 0.29) is 0 Å². The average Bonchev–Trinajstić information content (AvgIpc) is 3.76. The minimum atomic E-state index is 0.790. The van der Waals surface area contributed by atoms with Crippen molar-refractivity contribution in [2.75, 3.05) is 0 Å². The largest absolute Gasteiger partial charge is 0.454 e. The zero-order chi connectivity index (χ0) is 33.0. The second-order valence-corrected chi connectivity index (χ2v) is 12.6. The number of rotatable bonds is 5. The van der Waals surface area contributed by atoms with Gasteiger partial charge in [0.1, 0.15) is 22.2 Å². The first kappa shape index (κ1) is 28.3. The summed E-state index contributed by atoms with van der Waals surface area (Å²) in [7, 11) is 0. The normalized spacial score (nSPS) is 11.6. The maximum Gasteiger partial charge on any atom is 0.161 e. The molecule has 0 fully saturated rings. The van der Waals surface area contributed by atoms with Crippen LogP contribution in [0.4, 0.5) is 0 Å². The van der Waals surface area contributed by atoms with E-state index in [1.807, 2.05) is 48.8 Å². The van der Waals surface area contributed by atoms with Gasteiger partial charge in [-0.25, -0.2) is 0 Å². The number of hydrogen-bond donors (Lipinski definition) is 0. The molecule has 4 heteroatoms. The fraction of sp³-hybridized carbons (Fsp3) is 0. The molecule has 10 rings (SSSR count). The molecule has 6 aromatic carbocycles. The summed E-state index contributed by atoms with van der Waals surface area (Å²) in [4.78, 5) is 9.54. The Morgan fingerprint density at radius 2 is 0.720 bits per heavy atom. The van der Waals surface area contributed by atoms with Crippen LogP contribution in [-0.2, 0) is 0 Å². The standard InChI is InChI=1S/C46H28N2O2/c1-3-9-29(10-4-1)33-17-19-41-39(27-33)43-45(49-41)37(21-23-47-43)35-15-7-13-31(25-35)32-14-8-16-36(26-32)38-22-24-48-44-40-28-34(30-11-5-2-6-12-30)18-20-42(40)50-46(38)44/h1-28H. The lowest BCUT2D eigenvalue weighted by Crippen LogP contribution is -1.86. The first-order chi connectivity index (χ1) is 24.8. The number of hydrogen-bond acceptors (Lipinski definition) is 4. The monoisotopic (exact) mass is 640 g/mol. The number of aromatic nitrogens is 2. The van der Waals surface area contributed by atoms with Gasteiger partial charge in [-0.1, -0.05) is 109 Å². The van der Waals surface area contributed by atoms with E-state index in [1.54, 1.807) is 0 Å². The zero-order valence-corrected chi connectivity index (χ0v) is 26.9. The third kappa shape index (κ3) is 4.69. The topological polar surface area (TPSA) is 52.1 Å². The fourth-order valence-electron chi connectivity index (χ4n) is 7.12. The lowest BCUT2D eigenvalue weighted by Gasteiger charge is -2.09. The van der Waals surface area contributed by atoms with E-state index >= 15 is 0 Å². The van der Waals surface area contributed by atoms with E-state index in [4.69, 9.17) is 18.8 Å². The fourth-order valence-corrected chi connectivity index (χ4v) is 7.12. The highest BCUT2D eigenvalue weighted by atomic mass is 16.3. The van der Waals surface area contributed by atoms with Crippen LogP contribution in [0.15, 0.2) is 179 Å². The van der Waals surface area contributed by atoms with Crippen molar-refractivity contribution in [1.29, 1.82) is 0 Å². The lowest BCUT2D eigenvalue weighted by molar-refractivity contribution is 0.669. The molecule has 0 aliphatic carbocycles. The van der Waals surface area contributed by atoms with Gasteiger partial charge < -0.3 is 8.83 Å². The Morgan fingerprint density at radius 1 is 0.320 bits per heavy atom. The second-order valence-electron chi connectivity index (χ2n) is 12.6. The molecule has 4 nitrogen and oxygen atoms in total. The van der Waals surface area contributed by atoms with E-state index in [9.17, 15) is 0 Å². The Kier molecular flexibility index (Phi) is 6.46. The van der Waals surface area contributed by atoms with E-state index in [1.165, 1.54) is 11.1 Å². The molecule has 10 aromatic rings. The van der Waals surface area contributed by atoms with Crippen molar-refractivity contribution in [3.05, 3.63) is 170 Å². The average molecular weight is 641 g/mol. The van der Waals surface area contributed by atoms with Crippen LogP contribution < -0.4 is 0 Å². The van der Waals surface area contributed by atoms with Gasteiger partial charge in [0.05, 0.1) is 0 Å². The Morgan fingerprint density at radius 3 is 1.18 bits per heavy atom. The van der Waals surface area contributed by atoms with Crippen molar-refractivity contribution in [2.45, 2.75) is 0 Å². The van der Waals surface area contributed by atoms with Crippen molar-refractivity contribution >= 4 is 44.1 Å². The van der Waals surface area contributed by atoms with Crippen LogP contribution in [0, 0.1) is 0 Å². The summed E-state index contributed by atoms with van der Waals surface area (Å²) in [5.74, 6) is 0. The van der Waals surface area contributed by atoms with Crippen LogP contribution in [0.3, 0.4) is 0 Å². The van der Waals surface area contributed by atoms with Gasteiger partial charge in [-0.15, -0.1) is 0 Å². The van der Waals surface area contributed by atoms with Gasteiger partial charge in [-0.3, -0.25) is 9.97 Å². The van der Waals surface area contributed by atoms with Crippen LogP contribution in [0.2, 0.25) is 0 Å². The Hall–Kier alpha value is -6.78. The molecule has 0 saturated carbocycles. The molecule has 0 bridgehead atoms. The molecule has 50 heavy (non-hydrogen) atoms. The molecule has 4 heterocycles. The molecule has 0 amide bonds. The minimum absolute atomic E-state index is 0.790. The molecule has 0 aliphatic heterocycles. The Labute approximate surface area is 287 Å². The highest BCUT2D eigenvalue weighted by Crippen LogP contribution is 2.40. The first-order valence-corrected chi connectivity index (χ1v) is 16.7. The van der Waals surface area contributed by atoms with E-state index in [0.29, 0.717) is 0 Å². The minimum Gasteiger partial charge on any atom is -0.454 e. The van der Waals surface area contributed by atoms with Crippen molar-refractivity contribution in [2.24, 2.45) is 0 Å². The van der Waals surface area contributed by atoms with Crippen molar-refractivity contribution < 1.29 is 8.83 Å². The van der Waals surface area contributed by atoms with Crippen LogP contribution >= 0.6 is 0 Å². The molecule has 0 spiro atoms. The molecule has 0 saturated heterocycles.